The highest BCUT2D eigenvalue weighted by molar-refractivity contribution is 7.89. The maximum atomic E-state index is 13.4. The molecule has 1 aliphatic carbocycles. The molecule has 1 saturated heterocycles. The maximum absolute atomic E-state index is 13.4. The van der Waals surface area contributed by atoms with Gasteiger partial charge in [0.25, 0.3) is 6.43 Å². The lowest BCUT2D eigenvalue weighted by Crippen LogP contribution is -2.41. The SMILES string of the molecule is Cn1nc(-c2nnc(C(F)F)s2)c2cc(S(=O)(=O)NC3(C#N)CC3)cc(CN3CCC(C(C)(C)O)CC3)c21. The minimum Gasteiger partial charge on any atom is -0.390 e. The number of hydrogen-bond donors (Lipinski definition) is 2. The van der Waals surface area contributed by atoms with Crippen LogP contribution in [-0.2, 0) is 23.6 Å². The molecule has 2 aliphatic rings. The van der Waals surface area contributed by atoms with Gasteiger partial charge < -0.3 is 5.11 Å². The van der Waals surface area contributed by atoms with Crippen LogP contribution in [0.4, 0.5) is 8.78 Å². The van der Waals surface area contributed by atoms with Gasteiger partial charge in [-0.15, -0.1) is 10.2 Å². The second-order valence-electron chi connectivity index (χ2n) is 10.7. The molecule has 0 spiro atoms. The van der Waals surface area contributed by atoms with Crippen LogP contribution in [0.2, 0.25) is 0 Å². The number of nitriles is 1. The summed E-state index contributed by atoms with van der Waals surface area (Å²) in [6.45, 7) is 5.51. The largest absolute Gasteiger partial charge is 0.390 e. The molecule has 0 atom stereocenters. The van der Waals surface area contributed by atoms with Gasteiger partial charge in [-0.1, -0.05) is 11.3 Å². The van der Waals surface area contributed by atoms with E-state index in [1.807, 2.05) is 19.9 Å². The van der Waals surface area contributed by atoms with Gasteiger partial charge >= 0.3 is 0 Å². The van der Waals surface area contributed by atoms with E-state index in [0.717, 1.165) is 25.9 Å². The van der Waals surface area contributed by atoms with E-state index in [2.05, 4.69) is 24.9 Å². The van der Waals surface area contributed by atoms with Crippen molar-refractivity contribution < 1.29 is 22.3 Å². The van der Waals surface area contributed by atoms with E-state index >= 15 is 0 Å². The third-order valence-corrected chi connectivity index (χ3v) is 9.86. The fourth-order valence-electron chi connectivity index (χ4n) is 5.05. The molecule has 5 rings (SSSR count). The molecule has 0 bridgehead atoms. The highest BCUT2D eigenvalue weighted by Crippen LogP contribution is 2.39. The molecule has 3 heterocycles. The number of aryl methyl sites for hydroxylation is 1. The molecule has 10 nitrogen and oxygen atoms in total. The van der Waals surface area contributed by atoms with Gasteiger partial charge in [-0.3, -0.25) is 9.58 Å². The number of sulfonamides is 1. The van der Waals surface area contributed by atoms with Crippen molar-refractivity contribution >= 4 is 32.3 Å². The van der Waals surface area contributed by atoms with Crippen molar-refractivity contribution in [2.75, 3.05) is 13.1 Å². The first kappa shape index (κ1) is 27.0. The zero-order valence-electron chi connectivity index (χ0n) is 21.3. The minimum absolute atomic E-state index is 0.0271. The molecule has 14 heteroatoms. The first-order valence-electron chi connectivity index (χ1n) is 12.3. The second kappa shape index (κ2) is 9.56. The summed E-state index contributed by atoms with van der Waals surface area (Å²) in [7, 11) is -2.35. The quantitative estimate of drug-likeness (QED) is 0.424. The number of rotatable bonds is 8. The molecular formula is C24H29F2N7O3S2. The fourth-order valence-corrected chi connectivity index (χ4v) is 7.20. The van der Waals surface area contributed by atoms with Crippen molar-refractivity contribution in [1.29, 1.82) is 5.26 Å². The summed E-state index contributed by atoms with van der Waals surface area (Å²) < 4.78 is 57.3. The molecule has 0 amide bonds. The number of likely N-dealkylation sites (tertiary alicyclic amines) is 1. The Hall–Kier alpha value is -2.57. The predicted molar refractivity (Wildman–Crippen MR) is 137 cm³/mol. The summed E-state index contributed by atoms with van der Waals surface area (Å²) in [6, 6.07) is 5.10. The summed E-state index contributed by atoms with van der Waals surface area (Å²) in [5.41, 5.74) is -0.234. The van der Waals surface area contributed by atoms with Crippen molar-refractivity contribution in [3.63, 3.8) is 0 Å². The molecule has 38 heavy (non-hydrogen) atoms. The van der Waals surface area contributed by atoms with Crippen LogP contribution in [0.1, 0.15) is 56.5 Å². The van der Waals surface area contributed by atoms with Crippen LogP contribution in [0, 0.1) is 17.2 Å². The number of aromatic nitrogens is 4. The Kier molecular flexibility index (Phi) is 6.80. The molecule has 2 N–H and O–H groups in total. The van der Waals surface area contributed by atoms with Crippen LogP contribution in [0.15, 0.2) is 17.0 Å². The van der Waals surface area contributed by atoms with E-state index in [1.165, 1.54) is 6.07 Å². The molecular weight excluding hydrogens is 536 g/mol. The van der Waals surface area contributed by atoms with Gasteiger partial charge in [0.2, 0.25) is 10.0 Å². The molecule has 204 valence electrons. The Morgan fingerprint density at radius 2 is 1.97 bits per heavy atom. The van der Waals surface area contributed by atoms with Crippen molar-refractivity contribution in [2.24, 2.45) is 13.0 Å². The van der Waals surface area contributed by atoms with Crippen LogP contribution in [0.25, 0.3) is 21.6 Å². The topological polar surface area (TPSA) is 137 Å². The Morgan fingerprint density at radius 3 is 2.53 bits per heavy atom. The standard InChI is InChI=1S/C24H29F2N7O3S2/c1-23(2,34)15-4-8-33(9-5-15)12-14-10-16(38(35,36)31-24(13-27)6-7-24)11-17-18(30-32(3)19(14)17)21-28-29-22(37-21)20(25)26/h10-11,15,20,31,34H,4-9,12H2,1-3H3. The van der Waals surface area contributed by atoms with Gasteiger partial charge in [0, 0.05) is 19.0 Å². The zero-order chi connectivity index (χ0) is 27.5. The van der Waals surface area contributed by atoms with Gasteiger partial charge in [0.15, 0.2) is 10.0 Å². The number of nitrogens with one attached hydrogen (secondary N) is 1. The monoisotopic (exact) mass is 565 g/mol. The van der Waals surface area contributed by atoms with Crippen LogP contribution in [0.5, 0.6) is 0 Å². The number of benzene rings is 1. The molecule has 1 aromatic carbocycles. The van der Waals surface area contributed by atoms with Crippen LogP contribution >= 0.6 is 11.3 Å². The molecule has 0 unspecified atom stereocenters. The normalized spacial score (nSPS) is 18.8. The first-order chi connectivity index (χ1) is 17.8. The minimum atomic E-state index is -4.06. The van der Waals surface area contributed by atoms with Gasteiger partial charge in [0.05, 0.1) is 22.1 Å². The zero-order valence-corrected chi connectivity index (χ0v) is 22.9. The Labute approximate surface area is 223 Å². The first-order valence-corrected chi connectivity index (χ1v) is 14.6. The number of halogens is 2. The second-order valence-corrected chi connectivity index (χ2v) is 13.4. The van der Waals surface area contributed by atoms with E-state index in [0.29, 0.717) is 47.2 Å². The third-order valence-electron chi connectivity index (χ3n) is 7.41. The smallest absolute Gasteiger partial charge is 0.291 e. The average molecular weight is 566 g/mol. The third kappa shape index (κ3) is 5.17. The Bertz CT molecular complexity index is 1510. The van der Waals surface area contributed by atoms with E-state index in [4.69, 9.17) is 0 Å². The van der Waals surface area contributed by atoms with E-state index in [9.17, 15) is 27.6 Å². The van der Waals surface area contributed by atoms with Crippen molar-refractivity contribution in [3.05, 3.63) is 22.7 Å². The molecule has 1 saturated carbocycles. The van der Waals surface area contributed by atoms with Crippen molar-refractivity contribution in [1.82, 2.24) is 29.6 Å². The highest BCUT2D eigenvalue weighted by Gasteiger charge is 2.47. The number of piperidine rings is 1. The van der Waals surface area contributed by atoms with E-state index in [-0.39, 0.29) is 21.5 Å². The number of aliphatic hydroxyl groups is 1. The Balaban J connectivity index is 1.57. The van der Waals surface area contributed by atoms with Gasteiger partial charge in [-0.25, -0.2) is 17.2 Å². The van der Waals surface area contributed by atoms with Gasteiger partial charge in [-0.2, -0.15) is 15.1 Å². The summed E-state index contributed by atoms with van der Waals surface area (Å²) in [4.78, 5) is 2.17. The predicted octanol–water partition coefficient (Wildman–Crippen LogP) is 3.35. The van der Waals surface area contributed by atoms with E-state index < -0.39 is 32.6 Å². The molecule has 0 radical (unpaired) electrons. The highest BCUT2D eigenvalue weighted by atomic mass is 32.2. The summed E-state index contributed by atoms with van der Waals surface area (Å²) in [6.07, 6.45) is -0.302. The van der Waals surface area contributed by atoms with Crippen molar-refractivity contribution in [2.45, 2.75) is 68.5 Å². The lowest BCUT2D eigenvalue weighted by atomic mass is 9.83. The van der Waals surface area contributed by atoms with Crippen molar-refractivity contribution in [3.8, 4) is 16.8 Å². The molecule has 3 aromatic rings. The number of alkyl halides is 2. The van der Waals surface area contributed by atoms with Crippen LogP contribution in [-0.4, -0.2) is 62.6 Å². The molecule has 2 aromatic heterocycles. The lowest BCUT2D eigenvalue weighted by Gasteiger charge is -2.37. The lowest BCUT2D eigenvalue weighted by molar-refractivity contribution is -0.0135. The average Bonchev–Trinajstić information content (AvgIpc) is 3.28. The summed E-state index contributed by atoms with van der Waals surface area (Å²) in [5.74, 6) is 0.167. The number of nitrogens with zero attached hydrogens (tertiary/aromatic N) is 6. The number of fused-ring (bicyclic) bond motifs is 1. The Morgan fingerprint density at radius 1 is 1.29 bits per heavy atom. The van der Waals surface area contributed by atoms with Gasteiger partial charge in [0.1, 0.15) is 11.2 Å². The summed E-state index contributed by atoms with van der Waals surface area (Å²) >= 11 is 0.713. The van der Waals surface area contributed by atoms with E-state index in [1.54, 1.807) is 17.8 Å². The fraction of sp³-hybridized carbons (Fsp3) is 0.583. The summed E-state index contributed by atoms with van der Waals surface area (Å²) in [5, 5.41) is 32.0. The number of hydrogen-bond acceptors (Lipinski definition) is 9. The molecule has 2 fully saturated rings. The van der Waals surface area contributed by atoms with Gasteiger partial charge in [-0.05, 0) is 76.2 Å². The maximum Gasteiger partial charge on any atom is 0.291 e. The van der Waals surface area contributed by atoms with Crippen LogP contribution < -0.4 is 4.72 Å². The van der Waals surface area contributed by atoms with Crippen LogP contribution in [0.3, 0.4) is 0 Å². The molecule has 1 aliphatic heterocycles.